The summed E-state index contributed by atoms with van der Waals surface area (Å²) in [5.74, 6) is 0. The van der Waals surface area contributed by atoms with Crippen molar-refractivity contribution >= 4 is 15.9 Å². The second kappa shape index (κ2) is 5.32. The number of aromatic nitrogens is 1. The Morgan fingerprint density at radius 1 is 1.54 bits per heavy atom. The van der Waals surface area contributed by atoms with Crippen LogP contribution in [0.3, 0.4) is 0 Å². The van der Waals surface area contributed by atoms with Gasteiger partial charge in [-0.1, -0.05) is 6.07 Å². The lowest BCUT2D eigenvalue weighted by atomic mass is 10.2. The lowest BCUT2D eigenvalue weighted by Crippen LogP contribution is -2.18. The normalized spacial score (nSPS) is 10.4. The molecule has 4 heteroatoms. The molecule has 0 aliphatic rings. The monoisotopic (exact) mass is 244 g/mol. The molecular weight excluding hydrogens is 232 g/mol. The molecule has 0 aromatic carbocycles. The van der Waals surface area contributed by atoms with Crippen molar-refractivity contribution in [3.05, 3.63) is 28.0 Å². The van der Waals surface area contributed by atoms with Crippen LogP contribution in [0.25, 0.3) is 0 Å². The summed E-state index contributed by atoms with van der Waals surface area (Å²) < 4.78 is 0.857. The first-order valence-electron chi connectivity index (χ1n) is 4.17. The quantitative estimate of drug-likeness (QED) is 0.619. The fourth-order valence-electron chi connectivity index (χ4n) is 1.05. The molecule has 1 aromatic heterocycles. The minimum atomic E-state index is 0.170. The second-order valence-corrected chi connectivity index (χ2v) is 3.59. The van der Waals surface area contributed by atoms with Crippen molar-refractivity contribution in [1.29, 1.82) is 0 Å². The number of aliphatic hydroxyl groups is 1. The zero-order chi connectivity index (χ0) is 9.68. The predicted molar refractivity (Wildman–Crippen MR) is 55.5 cm³/mol. The van der Waals surface area contributed by atoms with Crippen molar-refractivity contribution in [1.82, 2.24) is 10.3 Å². The van der Waals surface area contributed by atoms with Gasteiger partial charge in [0.1, 0.15) is 4.60 Å². The Hall–Kier alpha value is -0.450. The van der Waals surface area contributed by atoms with Crippen molar-refractivity contribution in [2.24, 2.45) is 0 Å². The van der Waals surface area contributed by atoms with Gasteiger partial charge in [-0.2, -0.15) is 0 Å². The van der Waals surface area contributed by atoms with Gasteiger partial charge in [0.15, 0.2) is 0 Å². The third-order valence-electron chi connectivity index (χ3n) is 1.77. The maximum Gasteiger partial charge on any atom is 0.106 e. The third kappa shape index (κ3) is 3.42. The molecular formula is C9H13BrN2O. The molecule has 0 saturated heterocycles. The molecule has 13 heavy (non-hydrogen) atoms. The average Bonchev–Trinajstić information content (AvgIpc) is 2.09. The van der Waals surface area contributed by atoms with Crippen LogP contribution in [0, 0.1) is 6.92 Å². The number of hydrogen-bond acceptors (Lipinski definition) is 3. The van der Waals surface area contributed by atoms with Crippen LogP contribution in [0.5, 0.6) is 0 Å². The maximum atomic E-state index is 8.57. The fraction of sp³-hybridized carbons (Fsp3) is 0.444. The van der Waals surface area contributed by atoms with Gasteiger partial charge in [-0.3, -0.25) is 0 Å². The van der Waals surface area contributed by atoms with Crippen molar-refractivity contribution in [3.8, 4) is 0 Å². The minimum Gasteiger partial charge on any atom is -0.395 e. The zero-order valence-corrected chi connectivity index (χ0v) is 9.13. The average molecular weight is 245 g/mol. The van der Waals surface area contributed by atoms with E-state index in [-0.39, 0.29) is 6.61 Å². The lowest BCUT2D eigenvalue weighted by molar-refractivity contribution is 0.292. The van der Waals surface area contributed by atoms with E-state index in [4.69, 9.17) is 5.11 Å². The molecule has 0 aliphatic heterocycles. The second-order valence-electron chi connectivity index (χ2n) is 2.78. The first-order chi connectivity index (χ1) is 6.24. The Kier molecular flexibility index (Phi) is 4.35. The molecule has 0 amide bonds. The summed E-state index contributed by atoms with van der Waals surface area (Å²) in [6.07, 6.45) is 0. The number of halogens is 1. The summed E-state index contributed by atoms with van der Waals surface area (Å²) in [7, 11) is 0. The fourth-order valence-corrected chi connectivity index (χ4v) is 1.45. The summed E-state index contributed by atoms with van der Waals surface area (Å²) >= 11 is 3.31. The number of aliphatic hydroxyl groups excluding tert-OH is 1. The number of rotatable bonds is 4. The van der Waals surface area contributed by atoms with Crippen molar-refractivity contribution in [3.63, 3.8) is 0 Å². The number of hydrogen-bond donors (Lipinski definition) is 2. The van der Waals surface area contributed by atoms with Gasteiger partial charge < -0.3 is 10.4 Å². The van der Waals surface area contributed by atoms with Gasteiger partial charge in [-0.25, -0.2) is 4.98 Å². The summed E-state index contributed by atoms with van der Waals surface area (Å²) in [6.45, 7) is 3.52. The molecule has 0 aliphatic carbocycles. The highest BCUT2D eigenvalue weighted by Crippen LogP contribution is 2.10. The van der Waals surface area contributed by atoms with Gasteiger partial charge in [0.25, 0.3) is 0 Å². The van der Waals surface area contributed by atoms with Gasteiger partial charge in [0.05, 0.1) is 6.61 Å². The highest BCUT2D eigenvalue weighted by atomic mass is 79.9. The first kappa shape index (κ1) is 10.6. The van der Waals surface area contributed by atoms with Gasteiger partial charge in [0.2, 0.25) is 0 Å². The van der Waals surface area contributed by atoms with Gasteiger partial charge in [0, 0.05) is 18.8 Å². The van der Waals surface area contributed by atoms with E-state index in [1.54, 1.807) is 0 Å². The summed E-state index contributed by atoms with van der Waals surface area (Å²) in [4.78, 5) is 4.27. The van der Waals surface area contributed by atoms with Crippen LogP contribution in [0.4, 0.5) is 0 Å². The first-order valence-corrected chi connectivity index (χ1v) is 4.97. The predicted octanol–water partition coefficient (Wildman–Crippen LogP) is 1.23. The number of nitrogens with one attached hydrogen (secondary N) is 1. The molecule has 72 valence electrons. The van der Waals surface area contributed by atoms with E-state index < -0.39 is 0 Å². The van der Waals surface area contributed by atoms with Gasteiger partial charge in [-0.15, -0.1) is 0 Å². The van der Waals surface area contributed by atoms with Crippen molar-refractivity contribution in [2.45, 2.75) is 13.5 Å². The van der Waals surface area contributed by atoms with Gasteiger partial charge in [-0.05, 0) is 34.5 Å². The molecule has 0 radical (unpaired) electrons. The smallest absolute Gasteiger partial charge is 0.106 e. The summed E-state index contributed by atoms with van der Waals surface area (Å²) in [6, 6.07) is 3.94. The zero-order valence-electron chi connectivity index (χ0n) is 7.55. The Balaban J connectivity index is 2.56. The van der Waals surface area contributed by atoms with E-state index in [1.165, 1.54) is 0 Å². The van der Waals surface area contributed by atoms with E-state index in [2.05, 4.69) is 26.2 Å². The summed E-state index contributed by atoms with van der Waals surface area (Å²) in [5, 5.41) is 11.7. The van der Waals surface area contributed by atoms with E-state index in [1.807, 2.05) is 19.1 Å². The SMILES string of the molecule is Cc1nc(Br)ccc1CNCCO. The van der Waals surface area contributed by atoms with Crippen LogP contribution < -0.4 is 5.32 Å². The Morgan fingerprint density at radius 2 is 2.31 bits per heavy atom. The van der Waals surface area contributed by atoms with Gasteiger partial charge >= 0.3 is 0 Å². The molecule has 2 N–H and O–H groups in total. The topological polar surface area (TPSA) is 45.2 Å². The van der Waals surface area contributed by atoms with Crippen molar-refractivity contribution in [2.75, 3.05) is 13.2 Å². The summed E-state index contributed by atoms with van der Waals surface area (Å²) in [5.41, 5.74) is 2.18. The van der Waals surface area contributed by atoms with E-state index in [0.717, 1.165) is 22.4 Å². The van der Waals surface area contributed by atoms with Crippen LogP contribution in [0.1, 0.15) is 11.3 Å². The largest absolute Gasteiger partial charge is 0.395 e. The number of nitrogens with zero attached hydrogens (tertiary/aromatic N) is 1. The molecule has 3 nitrogen and oxygen atoms in total. The molecule has 0 unspecified atom stereocenters. The number of pyridine rings is 1. The third-order valence-corrected chi connectivity index (χ3v) is 2.21. The molecule has 0 atom stereocenters. The van der Waals surface area contributed by atoms with Crippen LogP contribution in [-0.4, -0.2) is 23.2 Å². The molecule has 1 rings (SSSR count). The maximum absolute atomic E-state index is 8.57. The Labute approximate surface area is 86.3 Å². The van der Waals surface area contributed by atoms with Crippen LogP contribution >= 0.6 is 15.9 Å². The van der Waals surface area contributed by atoms with E-state index in [9.17, 15) is 0 Å². The van der Waals surface area contributed by atoms with Crippen LogP contribution in [-0.2, 0) is 6.54 Å². The van der Waals surface area contributed by atoms with Crippen LogP contribution in [0.15, 0.2) is 16.7 Å². The molecule has 0 bridgehead atoms. The molecule has 0 spiro atoms. The molecule has 0 fully saturated rings. The standard InChI is InChI=1S/C9H13BrN2O/c1-7-8(6-11-4-5-13)2-3-9(10)12-7/h2-3,11,13H,4-6H2,1H3. The lowest BCUT2D eigenvalue weighted by Gasteiger charge is -2.05. The highest BCUT2D eigenvalue weighted by Gasteiger charge is 1.98. The highest BCUT2D eigenvalue weighted by molar-refractivity contribution is 9.10. The minimum absolute atomic E-state index is 0.170. The molecule has 1 aromatic rings. The Bertz CT molecular complexity index is 278. The molecule has 0 saturated carbocycles. The van der Waals surface area contributed by atoms with Crippen LogP contribution in [0.2, 0.25) is 0 Å². The van der Waals surface area contributed by atoms with E-state index >= 15 is 0 Å². The Morgan fingerprint density at radius 3 is 2.92 bits per heavy atom. The number of aryl methyl sites for hydroxylation is 1. The van der Waals surface area contributed by atoms with Crippen molar-refractivity contribution < 1.29 is 5.11 Å². The van der Waals surface area contributed by atoms with E-state index in [0.29, 0.717) is 6.54 Å². The molecule has 1 heterocycles.